The van der Waals surface area contributed by atoms with Crippen LogP contribution in [0.2, 0.25) is 0 Å². The van der Waals surface area contributed by atoms with E-state index in [1.54, 1.807) is 68.0 Å². The molecule has 0 aliphatic rings. The van der Waals surface area contributed by atoms with Gasteiger partial charge in [-0.2, -0.15) is 5.10 Å². The van der Waals surface area contributed by atoms with Crippen molar-refractivity contribution in [3.8, 4) is 0 Å². The summed E-state index contributed by atoms with van der Waals surface area (Å²) in [4.78, 5) is 67.2. The third-order valence-electron chi connectivity index (χ3n) is 8.72. The number of nitrogens with one attached hydrogen (secondary N) is 6. The summed E-state index contributed by atoms with van der Waals surface area (Å²) in [5, 5.41) is 25.2. The number of halogens is 2. The van der Waals surface area contributed by atoms with Crippen molar-refractivity contribution in [3.05, 3.63) is 95.5 Å². The van der Waals surface area contributed by atoms with E-state index in [1.165, 1.54) is 33.5 Å². The molecule has 57 heavy (non-hydrogen) atoms. The van der Waals surface area contributed by atoms with Crippen molar-refractivity contribution >= 4 is 87.1 Å². The average molecular weight is 821 g/mol. The maximum absolute atomic E-state index is 13.3. The molecule has 0 saturated heterocycles. The molecule has 0 fully saturated rings. The van der Waals surface area contributed by atoms with Gasteiger partial charge in [0, 0.05) is 102 Å². The molecule has 0 bridgehead atoms. The smallest absolute Gasteiger partial charge is 0.274 e. The Bertz CT molecular complexity index is 2300. The molecular weight excluding hydrogens is 777 g/mol. The second-order valence-corrected chi connectivity index (χ2v) is 13.7. The molecule has 0 atom stereocenters. The van der Waals surface area contributed by atoms with Gasteiger partial charge in [0.15, 0.2) is 5.82 Å². The summed E-state index contributed by atoms with van der Waals surface area (Å²) in [5.74, 6) is -1.35. The number of carbonyl (C=O) groups is 5. The van der Waals surface area contributed by atoms with Crippen molar-refractivity contribution < 1.29 is 24.0 Å². The average Bonchev–Trinajstić information content (AvgIpc) is 3.92. The molecule has 5 rings (SSSR count). The van der Waals surface area contributed by atoms with E-state index < -0.39 is 17.7 Å². The van der Waals surface area contributed by atoms with Crippen molar-refractivity contribution in [2.24, 2.45) is 33.9 Å². The third kappa shape index (κ3) is 10.4. The van der Waals surface area contributed by atoms with Gasteiger partial charge in [-0.25, -0.2) is 0 Å². The topological polar surface area (TPSA) is 231 Å². The van der Waals surface area contributed by atoms with Crippen LogP contribution in [0.1, 0.15) is 58.7 Å². The molecule has 0 saturated carbocycles. The van der Waals surface area contributed by atoms with E-state index in [4.69, 9.17) is 34.3 Å². The minimum Gasteiger partial charge on any atom is -0.388 e. The van der Waals surface area contributed by atoms with E-state index in [2.05, 4.69) is 31.7 Å². The highest BCUT2D eigenvalue weighted by Crippen LogP contribution is 2.21. The number of amidine groups is 1. The summed E-state index contributed by atoms with van der Waals surface area (Å²) in [6.45, 7) is 1.44. The van der Waals surface area contributed by atoms with Crippen LogP contribution in [0, 0.1) is 5.41 Å². The second-order valence-electron chi connectivity index (χ2n) is 13.0. The number of alkyl halides is 2. The van der Waals surface area contributed by atoms with Crippen molar-refractivity contribution in [2.75, 3.05) is 57.6 Å². The van der Waals surface area contributed by atoms with Crippen LogP contribution in [0.25, 0.3) is 0 Å². The number of carbonyl (C=O) groups excluding carboxylic acids is 5. The molecule has 18 nitrogen and oxygen atoms in total. The molecule has 8 N–H and O–H groups in total. The Hall–Kier alpha value is -6.53. The lowest BCUT2D eigenvalue weighted by Crippen LogP contribution is -2.28. The highest BCUT2D eigenvalue weighted by molar-refractivity contribution is 6.18. The zero-order chi connectivity index (χ0) is 41.4. The summed E-state index contributed by atoms with van der Waals surface area (Å²) in [5.41, 5.74) is 8.63. The summed E-state index contributed by atoms with van der Waals surface area (Å²) in [6.07, 6.45) is 4.96. The van der Waals surface area contributed by atoms with Gasteiger partial charge in [0.1, 0.15) is 22.8 Å². The minimum atomic E-state index is -0.547. The molecule has 4 heterocycles. The molecule has 0 spiro atoms. The Morgan fingerprint density at radius 2 is 1.12 bits per heavy atom. The lowest BCUT2D eigenvalue weighted by atomic mass is 10.1. The summed E-state index contributed by atoms with van der Waals surface area (Å²) in [7, 11) is 6.50. The molecule has 0 aliphatic heterocycles. The van der Waals surface area contributed by atoms with Gasteiger partial charge in [0.25, 0.3) is 29.5 Å². The van der Waals surface area contributed by atoms with Crippen molar-refractivity contribution in [3.63, 3.8) is 0 Å². The zero-order valence-electron chi connectivity index (χ0n) is 31.7. The Kier molecular flexibility index (Phi) is 13.4. The Morgan fingerprint density at radius 1 is 0.667 bits per heavy atom. The SMILES string of the molecule is Cn1cc(NC(=O)c2cc(NC(=O)c3cc(NC(=O)c4cc(NC(=O)c5ccc(N(CCCl)CCCl)cc5)cn4C)nn3C)cn2C)cc1C(=O)NCCC(=N)N. The molecule has 20 heteroatoms. The van der Waals surface area contributed by atoms with Crippen LogP contribution in [0.3, 0.4) is 0 Å². The zero-order valence-corrected chi connectivity index (χ0v) is 33.2. The molecule has 4 aromatic heterocycles. The van der Waals surface area contributed by atoms with Crippen molar-refractivity contribution in [1.29, 1.82) is 5.41 Å². The maximum atomic E-state index is 13.3. The molecule has 0 aliphatic carbocycles. The van der Waals surface area contributed by atoms with Crippen molar-refractivity contribution in [2.45, 2.75) is 6.42 Å². The number of hydrogen-bond donors (Lipinski definition) is 7. The van der Waals surface area contributed by atoms with Gasteiger partial charge >= 0.3 is 0 Å². The van der Waals surface area contributed by atoms with E-state index in [0.717, 1.165) is 5.69 Å². The quantitative estimate of drug-likeness (QED) is 0.0414. The van der Waals surface area contributed by atoms with E-state index in [1.807, 2.05) is 17.0 Å². The second kappa shape index (κ2) is 18.4. The minimum absolute atomic E-state index is 0.0419. The molecule has 0 radical (unpaired) electrons. The predicted octanol–water partition coefficient (Wildman–Crippen LogP) is 3.78. The molecule has 300 valence electrons. The number of rotatable bonds is 17. The fourth-order valence-electron chi connectivity index (χ4n) is 5.89. The third-order valence-corrected chi connectivity index (χ3v) is 9.06. The molecule has 1 aromatic carbocycles. The van der Waals surface area contributed by atoms with Crippen molar-refractivity contribution in [1.82, 2.24) is 28.8 Å². The van der Waals surface area contributed by atoms with Gasteiger partial charge in [-0.3, -0.25) is 34.1 Å². The molecule has 0 unspecified atom stereocenters. The largest absolute Gasteiger partial charge is 0.388 e. The van der Waals surface area contributed by atoms with E-state index >= 15 is 0 Å². The normalized spacial score (nSPS) is 10.8. The van der Waals surface area contributed by atoms with Gasteiger partial charge in [0.05, 0.1) is 22.9 Å². The number of hydrogen-bond acceptors (Lipinski definition) is 8. The summed E-state index contributed by atoms with van der Waals surface area (Å²) >= 11 is 11.8. The van der Waals surface area contributed by atoms with E-state index in [0.29, 0.717) is 53.2 Å². The number of aryl methyl sites for hydroxylation is 4. The first kappa shape index (κ1) is 41.6. The fraction of sp³-hybridized carbons (Fsp3) is 0.270. The first-order chi connectivity index (χ1) is 27.2. The Morgan fingerprint density at radius 3 is 1.61 bits per heavy atom. The van der Waals surface area contributed by atoms with Crippen LogP contribution in [0.4, 0.5) is 28.6 Å². The number of aromatic nitrogens is 5. The number of benzene rings is 1. The number of amides is 5. The van der Waals surface area contributed by atoms with Crippen LogP contribution in [-0.4, -0.2) is 90.2 Å². The van der Waals surface area contributed by atoms with Crippen LogP contribution < -0.4 is 37.2 Å². The Labute approximate surface area is 337 Å². The van der Waals surface area contributed by atoms with Crippen LogP contribution in [-0.2, 0) is 28.2 Å². The first-order valence-electron chi connectivity index (χ1n) is 17.5. The van der Waals surface area contributed by atoms with Crippen LogP contribution in [0.5, 0.6) is 0 Å². The predicted molar refractivity (Wildman–Crippen MR) is 220 cm³/mol. The molecule has 5 aromatic rings. The van der Waals surface area contributed by atoms with Gasteiger partial charge in [-0.1, -0.05) is 0 Å². The highest BCUT2D eigenvalue weighted by atomic mass is 35.5. The van der Waals surface area contributed by atoms with E-state index in [9.17, 15) is 24.0 Å². The summed E-state index contributed by atoms with van der Waals surface area (Å²) in [6, 6.07) is 13.0. The molecule has 5 amide bonds. The van der Waals surface area contributed by atoms with E-state index in [-0.39, 0.29) is 53.5 Å². The highest BCUT2D eigenvalue weighted by Gasteiger charge is 2.21. The van der Waals surface area contributed by atoms with Gasteiger partial charge < -0.3 is 50.9 Å². The summed E-state index contributed by atoms with van der Waals surface area (Å²) < 4.78 is 5.95. The Balaban J connectivity index is 1.17. The number of nitrogens with zero attached hydrogens (tertiary/aromatic N) is 6. The monoisotopic (exact) mass is 819 g/mol. The van der Waals surface area contributed by atoms with Gasteiger partial charge in [-0.05, 0) is 42.5 Å². The number of nitrogens with two attached hydrogens (primary N) is 1. The van der Waals surface area contributed by atoms with Gasteiger partial charge in [-0.15, -0.1) is 23.2 Å². The standard InChI is InChI=1S/C37H43Cl2N13O5/c1-48-20-24(15-27(48)34(54)42-12-9-31(40)41)44-35(55)28-17-25(21-49(28)2)45-37(57)30-18-32(47-51(30)4)46-36(56)29-16-23(19-50(29)3)43-33(53)22-5-7-26(8-6-22)52(13-10-38)14-11-39/h5-8,15-21H,9-14H2,1-4H3,(H3,40,41)(H,42,54)(H,43,53)(H,44,55)(H,45,57)(H,46,47,56). The lowest BCUT2D eigenvalue weighted by molar-refractivity contribution is 0.0943. The molecular formula is C37H43Cl2N13O5. The fourth-order valence-corrected chi connectivity index (χ4v) is 6.30. The number of anilines is 5. The lowest BCUT2D eigenvalue weighted by Gasteiger charge is -2.22. The maximum Gasteiger partial charge on any atom is 0.274 e. The van der Waals surface area contributed by atoms with Crippen LogP contribution in [0.15, 0.2) is 67.1 Å². The first-order valence-corrected chi connectivity index (χ1v) is 18.6. The van der Waals surface area contributed by atoms with Crippen LogP contribution >= 0.6 is 23.2 Å². The van der Waals surface area contributed by atoms with Gasteiger partial charge in [0.2, 0.25) is 0 Å².